The molecule has 0 aliphatic carbocycles. The molecule has 0 aliphatic heterocycles. The van der Waals surface area contributed by atoms with Gasteiger partial charge in [-0.2, -0.15) is 0 Å². The van der Waals surface area contributed by atoms with Gasteiger partial charge in [0.25, 0.3) is 0 Å². The number of methoxy groups -OCH3 is 2. The van der Waals surface area contributed by atoms with Crippen LogP contribution >= 0.6 is 0 Å². The lowest BCUT2D eigenvalue weighted by Crippen LogP contribution is -2.32. The summed E-state index contributed by atoms with van der Waals surface area (Å²) in [6.45, 7) is 3.66. The van der Waals surface area contributed by atoms with Crippen LogP contribution in [0.15, 0.2) is 30.3 Å². The van der Waals surface area contributed by atoms with Crippen LogP contribution in [-0.4, -0.2) is 29.0 Å². The molecule has 6 heteroatoms. The van der Waals surface area contributed by atoms with Crippen molar-refractivity contribution < 1.29 is 18.2 Å². The van der Waals surface area contributed by atoms with Gasteiger partial charge in [-0.25, -0.2) is 0 Å². The topological polar surface area (TPSA) is 61.8 Å². The fraction of sp³-hybridized carbons (Fsp3) is 0.333. The van der Waals surface area contributed by atoms with Crippen molar-refractivity contribution in [2.75, 3.05) is 18.5 Å². The maximum atomic E-state index is 11.4. The van der Waals surface area contributed by atoms with Gasteiger partial charge in [0, 0.05) is 23.0 Å². The number of hydrogen-bond acceptors (Lipinski definition) is 4. The molecule has 5 nitrogen and oxygen atoms in total. The minimum absolute atomic E-state index is 0.152. The molecule has 0 amide bonds. The summed E-state index contributed by atoms with van der Waals surface area (Å²) < 4.78 is 34.6. The van der Waals surface area contributed by atoms with Crippen LogP contribution in [-0.2, 0) is 11.3 Å². The second-order valence-corrected chi connectivity index (χ2v) is 5.70. The minimum Gasteiger partial charge on any atom is -0.755 e. The van der Waals surface area contributed by atoms with Crippen LogP contribution in [0.3, 0.4) is 0 Å². The van der Waals surface area contributed by atoms with Crippen LogP contribution in [0.2, 0.25) is 0 Å². The van der Waals surface area contributed by atoms with E-state index in [1.165, 1.54) is 4.31 Å². The monoisotopic (exact) mass is 308 g/mol. The van der Waals surface area contributed by atoms with Gasteiger partial charge in [-0.1, -0.05) is 6.07 Å². The second-order valence-electron chi connectivity index (χ2n) is 4.88. The van der Waals surface area contributed by atoms with Gasteiger partial charge in [0.15, 0.2) is 11.5 Å². The number of nitrogens with zero attached hydrogens (tertiary/aromatic N) is 1. The first-order valence-electron chi connectivity index (χ1n) is 6.52. The minimum atomic E-state index is -2.31. The molecular formula is C15H18NO4S-. The molecule has 0 saturated carbocycles. The highest BCUT2D eigenvalue weighted by atomic mass is 32.2. The first-order valence-corrected chi connectivity index (χ1v) is 7.55. The number of benzene rings is 2. The standard InChI is InChI=1S/C15H19NO4S/c1-10(2)16(21(17)18)13-6-5-11-8-14(19-3)15(20-4)9-12(11)7-13/h5-10H,1-4H3,(H,17,18)/p-1. The van der Waals surface area contributed by atoms with E-state index in [9.17, 15) is 8.76 Å². The molecule has 114 valence electrons. The Morgan fingerprint density at radius 1 is 1.05 bits per heavy atom. The lowest BCUT2D eigenvalue weighted by atomic mass is 10.1. The normalized spacial score (nSPS) is 12.5. The molecule has 2 rings (SSSR count). The Morgan fingerprint density at radius 2 is 1.62 bits per heavy atom. The van der Waals surface area contributed by atoms with Crippen molar-refractivity contribution in [2.45, 2.75) is 19.9 Å². The van der Waals surface area contributed by atoms with Gasteiger partial charge in [0.1, 0.15) is 0 Å². The predicted molar refractivity (Wildman–Crippen MR) is 83.6 cm³/mol. The van der Waals surface area contributed by atoms with E-state index in [0.717, 1.165) is 10.8 Å². The van der Waals surface area contributed by atoms with Gasteiger partial charge < -0.3 is 18.3 Å². The third-order valence-corrected chi connectivity index (χ3v) is 4.16. The molecule has 0 N–H and O–H groups in total. The predicted octanol–water partition coefficient (Wildman–Crippen LogP) is 2.87. The average molecular weight is 308 g/mol. The van der Waals surface area contributed by atoms with Crippen molar-refractivity contribution >= 4 is 27.7 Å². The maximum absolute atomic E-state index is 11.4. The van der Waals surface area contributed by atoms with E-state index in [4.69, 9.17) is 9.47 Å². The van der Waals surface area contributed by atoms with Crippen LogP contribution in [0.5, 0.6) is 11.5 Å². The van der Waals surface area contributed by atoms with Gasteiger partial charge in [-0.15, -0.1) is 0 Å². The highest BCUT2D eigenvalue weighted by Gasteiger charge is 2.13. The van der Waals surface area contributed by atoms with E-state index >= 15 is 0 Å². The summed E-state index contributed by atoms with van der Waals surface area (Å²) in [5.74, 6) is 1.26. The lowest BCUT2D eigenvalue weighted by molar-refractivity contribution is 0.356. The summed E-state index contributed by atoms with van der Waals surface area (Å²) in [6, 6.07) is 9.03. The van der Waals surface area contributed by atoms with Crippen molar-refractivity contribution in [1.82, 2.24) is 0 Å². The van der Waals surface area contributed by atoms with Crippen LogP contribution in [0, 0.1) is 0 Å². The average Bonchev–Trinajstić information content (AvgIpc) is 2.44. The molecule has 0 aromatic heterocycles. The summed E-state index contributed by atoms with van der Waals surface area (Å²) in [4.78, 5) is 0. The summed E-state index contributed by atoms with van der Waals surface area (Å²) in [7, 11) is 3.15. The van der Waals surface area contributed by atoms with Gasteiger partial charge in [-0.05, 0) is 48.9 Å². The maximum Gasteiger partial charge on any atom is 0.161 e. The molecule has 1 atom stereocenters. The van der Waals surface area contributed by atoms with Crippen LogP contribution in [0.25, 0.3) is 10.8 Å². The SMILES string of the molecule is COc1cc2ccc(N(C(C)C)S(=O)[O-])cc2cc1OC. The number of hydrogen-bond donors (Lipinski definition) is 0. The van der Waals surface area contributed by atoms with E-state index in [1.807, 2.05) is 38.1 Å². The summed E-state index contributed by atoms with van der Waals surface area (Å²) in [5, 5.41) is 1.85. The van der Waals surface area contributed by atoms with Gasteiger partial charge >= 0.3 is 0 Å². The van der Waals surface area contributed by atoms with Crippen LogP contribution < -0.4 is 13.8 Å². The van der Waals surface area contributed by atoms with Crippen LogP contribution in [0.1, 0.15) is 13.8 Å². The van der Waals surface area contributed by atoms with Gasteiger partial charge in [-0.3, -0.25) is 4.21 Å². The molecule has 0 fully saturated rings. The molecule has 0 bridgehead atoms. The molecule has 0 saturated heterocycles. The van der Waals surface area contributed by atoms with Crippen molar-refractivity contribution in [3.8, 4) is 11.5 Å². The van der Waals surface area contributed by atoms with Crippen molar-refractivity contribution in [1.29, 1.82) is 0 Å². The number of anilines is 1. The van der Waals surface area contributed by atoms with E-state index < -0.39 is 11.3 Å². The van der Waals surface area contributed by atoms with Crippen molar-refractivity contribution in [3.05, 3.63) is 30.3 Å². The molecule has 2 aromatic rings. The third kappa shape index (κ3) is 3.11. The fourth-order valence-corrected chi connectivity index (χ4v) is 2.89. The van der Waals surface area contributed by atoms with Crippen molar-refractivity contribution in [2.24, 2.45) is 0 Å². The number of fused-ring (bicyclic) bond motifs is 1. The zero-order chi connectivity index (χ0) is 15.6. The smallest absolute Gasteiger partial charge is 0.161 e. The number of rotatable bonds is 5. The van der Waals surface area contributed by atoms with E-state index in [-0.39, 0.29) is 6.04 Å². The molecular weight excluding hydrogens is 290 g/mol. The Kier molecular flexibility index (Phi) is 4.69. The Hall–Kier alpha value is -1.79. The van der Waals surface area contributed by atoms with Gasteiger partial charge in [0.2, 0.25) is 0 Å². The highest BCUT2D eigenvalue weighted by molar-refractivity contribution is 7.80. The Morgan fingerprint density at radius 3 is 2.10 bits per heavy atom. The van der Waals surface area contributed by atoms with Crippen LogP contribution in [0.4, 0.5) is 5.69 Å². The van der Waals surface area contributed by atoms with E-state index in [0.29, 0.717) is 17.2 Å². The molecule has 0 aliphatic rings. The first-order chi connectivity index (χ1) is 9.97. The first kappa shape index (κ1) is 15.6. The molecule has 0 spiro atoms. The van der Waals surface area contributed by atoms with E-state index in [2.05, 4.69) is 0 Å². The Bertz CT molecular complexity index is 672. The molecule has 1 unspecified atom stereocenters. The summed E-state index contributed by atoms with van der Waals surface area (Å²) in [6.07, 6.45) is 0. The third-order valence-electron chi connectivity index (χ3n) is 3.21. The largest absolute Gasteiger partial charge is 0.755 e. The zero-order valence-electron chi connectivity index (χ0n) is 12.5. The second kappa shape index (κ2) is 6.32. The molecule has 21 heavy (non-hydrogen) atoms. The molecule has 2 aromatic carbocycles. The Labute approximate surface area is 126 Å². The summed E-state index contributed by atoms with van der Waals surface area (Å²) in [5.41, 5.74) is 0.623. The highest BCUT2D eigenvalue weighted by Crippen LogP contribution is 2.34. The van der Waals surface area contributed by atoms with Gasteiger partial charge in [0.05, 0.1) is 14.2 Å². The number of ether oxygens (including phenoxy) is 2. The zero-order valence-corrected chi connectivity index (χ0v) is 13.3. The Balaban J connectivity index is 2.57. The summed E-state index contributed by atoms with van der Waals surface area (Å²) >= 11 is -2.31. The quantitative estimate of drug-likeness (QED) is 0.797. The molecule has 0 radical (unpaired) electrons. The lowest BCUT2D eigenvalue weighted by Gasteiger charge is -2.30. The van der Waals surface area contributed by atoms with Crippen molar-refractivity contribution in [3.63, 3.8) is 0 Å². The fourth-order valence-electron chi connectivity index (χ4n) is 2.26. The molecule has 0 heterocycles. The van der Waals surface area contributed by atoms with E-state index in [1.54, 1.807) is 20.3 Å².